The Kier molecular flexibility index (Phi) is 6.83. The maximum atomic E-state index is 11.0. The quantitative estimate of drug-likeness (QED) is 0.706. The molecule has 2 aromatic rings. The van der Waals surface area contributed by atoms with Gasteiger partial charge in [-0.05, 0) is 61.4 Å². The van der Waals surface area contributed by atoms with Crippen LogP contribution in [0.1, 0.15) is 42.7 Å². The summed E-state index contributed by atoms with van der Waals surface area (Å²) < 4.78 is 0. The molecule has 1 N–H and O–H groups in total. The van der Waals surface area contributed by atoms with Crippen molar-refractivity contribution < 1.29 is 5.11 Å². The zero-order valence-corrected chi connectivity index (χ0v) is 18.4. The SMILES string of the molecule is OC1(c2ccccc2)CCN(CCN2CCCC(c3ccc(Cl)c(Cl)c3)C2)CC1. The van der Waals surface area contributed by atoms with Gasteiger partial charge in [0.25, 0.3) is 0 Å². The molecule has 1 unspecified atom stereocenters. The first-order valence-electron chi connectivity index (χ1n) is 10.7. The molecule has 4 rings (SSSR count). The molecule has 2 aliphatic heterocycles. The second-order valence-electron chi connectivity index (χ2n) is 8.55. The number of benzene rings is 2. The van der Waals surface area contributed by atoms with Crippen LogP contribution in [0.4, 0.5) is 0 Å². The van der Waals surface area contributed by atoms with Crippen LogP contribution in [0.2, 0.25) is 10.0 Å². The second-order valence-corrected chi connectivity index (χ2v) is 9.37. The van der Waals surface area contributed by atoms with Crippen molar-refractivity contribution in [1.29, 1.82) is 0 Å². The van der Waals surface area contributed by atoms with Crippen LogP contribution in [0.5, 0.6) is 0 Å². The van der Waals surface area contributed by atoms with Crippen LogP contribution in [0.3, 0.4) is 0 Å². The number of piperidine rings is 2. The number of likely N-dealkylation sites (tertiary alicyclic amines) is 2. The molecule has 0 aromatic heterocycles. The fourth-order valence-electron chi connectivity index (χ4n) is 4.76. The molecule has 0 spiro atoms. The summed E-state index contributed by atoms with van der Waals surface area (Å²) in [6.07, 6.45) is 4.05. The molecule has 2 heterocycles. The van der Waals surface area contributed by atoms with Crippen molar-refractivity contribution in [3.8, 4) is 0 Å². The molecule has 2 aliphatic rings. The van der Waals surface area contributed by atoms with Gasteiger partial charge in [0.15, 0.2) is 0 Å². The van der Waals surface area contributed by atoms with Gasteiger partial charge in [0.05, 0.1) is 15.6 Å². The minimum absolute atomic E-state index is 0.531. The van der Waals surface area contributed by atoms with Crippen molar-refractivity contribution in [3.63, 3.8) is 0 Å². The molecule has 29 heavy (non-hydrogen) atoms. The minimum atomic E-state index is -0.665. The fourth-order valence-corrected chi connectivity index (χ4v) is 5.07. The summed E-state index contributed by atoms with van der Waals surface area (Å²) in [6, 6.07) is 16.2. The maximum absolute atomic E-state index is 11.0. The summed E-state index contributed by atoms with van der Waals surface area (Å²) >= 11 is 12.3. The van der Waals surface area contributed by atoms with Crippen molar-refractivity contribution in [1.82, 2.24) is 9.80 Å². The van der Waals surface area contributed by atoms with E-state index in [1.54, 1.807) is 0 Å². The number of hydrogen-bond acceptors (Lipinski definition) is 3. The Morgan fingerprint density at radius 3 is 2.34 bits per heavy atom. The molecule has 2 fully saturated rings. The van der Waals surface area contributed by atoms with Gasteiger partial charge in [-0.25, -0.2) is 0 Å². The molecular formula is C24H30Cl2N2O. The van der Waals surface area contributed by atoms with Crippen LogP contribution in [0, 0.1) is 0 Å². The highest BCUT2D eigenvalue weighted by Gasteiger charge is 2.33. The van der Waals surface area contributed by atoms with Gasteiger partial charge in [0, 0.05) is 32.7 Å². The molecule has 0 radical (unpaired) electrons. The number of halogens is 2. The molecule has 2 saturated heterocycles. The summed E-state index contributed by atoms with van der Waals surface area (Å²) in [5.41, 5.74) is 1.69. The van der Waals surface area contributed by atoms with Crippen molar-refractivity contribution >= 4 is 23.2 Å². The maximum Gasteiger partial charge on any atom is 0.0920 e. The first-order chi connectivity index (χ1) is 14.0. The van der Waals surface area contributed by atoms with Gasteiger partial charge in [-0.1, -0.05) is 59.6 Å². The number of aliphatic hydroxyl groups is 1. The van der Waals surface area contributed by atoms with Crippen LogP contribution in [0.25, 0.3) is 0 Å². The Balaban J connectivity index is 1.27. The van der Waals surface area contributed by atoms with Crippen molar-refractivity contribution in [3.05, 3.63) is 69.7 Å². The van der Waals surface area contributed by atoms with E-state index in [-0.39, 0.29) is 0 Å². The van der Waals surface area contributed by atoms with Gasteiger partial charge in [-0.15, -0.1) is 0 Å². The molecule has 156 valence electrons. The van der Waals surface area contributed by atoms with Crippen LogP contribution in [-0.4, -0.2) is 54.2 Å². The van der Waals surface area contributed by atoms with E-state index >= 15 is 0 Å². The molecule has 0 aliphatic carbocycles. The summed E-state index contributed by atoms with van der Waals surface area (Å²) in [6.45, 7) is 6.31. The van der Waals surface area contributed by atoms with E-state index < -0.39 is 5.60 Å². The average molecular weight is 433 g/mol. The average Bonchev–Trinajstić information content (AvgIpc) is 2.76. The molecule has 5 heteroatoms. The van der Waals surface area contributed by atoms with Gasteiger partial charge in [0.1, 0.15) is 0 Å². The fraction of sp³-hybridized carbons (Fsp3) is 0.500. The largest absolute Gasteiger partial charge is 0.385 e. The summed E-state index contributed by atoms with van der Waals surface area (Å²) in [5.74, 6) is 0.531. The van der Waals surface area contributed by atoms with Crippen molar-refractivity contribution in [2.45, 2.75) is 37.2 Å². The topological polar surface area (TPSA) is 26.7 Å². The lowest BCUT2D eigenvalue weighted by Crippen LogP contribution is -2.46. The second kappa shape index (κ2) is 9.36. The monoisotopic (exact) mass is 432 g/mol. The third-order valence-electron chi connectivity index (χ3n) is 6.65. The first kappa shape index (κ1) is 21.1. The van der Waals surface area contributed by atoms with E-state index in [0.717, 1.165) is 51.1 Å². The van der Waals surface area contributed by atoms with Crippen molar-refractivity contribution in [2.75, 3.05) is 39.3 Å². The van der Waals surface area contributed by atoms with Gasteiger partial charge < -0.3 is 14.9 Å². The first-order valence-corrected chi connectivity index (χ1v) is 11.5. The predicted octanol–water partition coefficient (Wildman–Crippen LogP) is 5.16. The number of rotatable bonds is 5. The van der Waals surface area contributed by atoms with Crippen LogP contribution in [0.15, 0.2) is 48.5 Å². The Morgan fingerprint density at radius 2 is 1.62 bits per heavy atom. The lowest BCUT2D eigenvalue weighted by molar-refractivity contribution is -0.0276. The summed E-state index contributed by atoms with van der Waals surface area (Å²) in [5, 5.41) is 12.3. The molecule has 1 atom stereocenters. The van der Waals surface area contributed by atoms with Gasteiger partial charge in [-0.2, -0.15) is 0 Å². The minimum Gasteiger partial charge on any atom is -0.385 e. The standard InChI is InChI=1S/C24H30Cl2N2O/c25-22-9-8-19(17-23(22)26)20-5-4-12-28(18-20)16-15-27-13-10-24(29,11-14-27)21-6-2-1-3-7-21/h1-3,6-9,17,20,29H,4-5,10-16,18H2. The lowest BCUT2D eigenvalue weighted by Gasteiger charge is -2.40. The van der Waals surface area contributed by atoms with E-state index in [2.05, 4.69) is 15.9 Å². The summed E-state index contributed by atoms with van der Waals surface area (Å²) in [7, 11) is 0. The highest BCUT2D eigenvalue weighted by Crippen LogP contribution is 2.33. The third-order valence-corrected chi connectivity index (χ3v) is 7.39. The highest BCUT2D eigenvalue weighted by molar-refractivity contribution is 6.42. The van der Waals surface area contributed by atoms with Crippen LogP contribution >= 0.6 is 23.2 Å². The van der Waals surface area contributed by atoms with Gasteiger partial charge in [-0.3, -0.25) is 0 Å². The zero-order chi connectivity index (χ0) is 20.3. The van der Waals surface area contributed by atoms with E-state index in [1.807, 2.05) is 42.5 Å². The Labute approximate surface area is 184 Å². The molecule has 3 nitrogen and oxygen atoms in total. The Hall–Kier alpha value is -1.10. The molecule has 0 bridgehead atoms. The van der Waals surface area contributed by atoms with Gasteiger partial charge in [0.2, 0.25) is 0 Å². The zero-order valence-electron chi connectivity index (χ0n) is 16.9. The van der Waals surface area contributed by atoms with E-state index in [9.17, 15) is 5.11 Å². The normalized spacial score (nSPS) is 23.2. The van der Waals surface area contributed by atoms with E-state index in [1.165, 1.54) is 24.9 Å². The van der Waals surface area contributed by atoms with Gasteiger partial charge >= 0.3 is 0 Å². The highest BCUT2D eigenvalue weighted by atomic mass is 35.5. The third kappa shape index (κ3) is 5.15. The Morgan fingerprint density at radius 1 is 0.897 bits per heavy atom. The smallest absolute Gasteiger partial charge is 0.0920 e. The molecular weight excluding hydrogens is 403 g/mol. The summed E-state index contributed by atoms with van der Waals surface area (Å²) in [4.78, 5) is 5.08. The van der Waals surface area contributed by atoms with Crippen LogP contribution < -0.4 is 0 Å². The van der Waals surface area contributed by atoms with Crippen LogP contribution in [-0.2, 0) is 5.60 Å². The van der Waals surface area contributed by atoms with E-state index in [4.69, 9.17) is 23.2 Å². The predicted molar refractivity (Wildman–Crippen MR) is 121 cm³/mol. The Bertz CT molecular complexity index is 806. The van der Waals surface area contributed by atoms with Crippen molar-refractivity contribution in [2.24, 2.45) is 0 Å². The number of hydrogen-bond donors (Lipinski definition) is 1. The molecule has 2 aromatic carbocycles. The molecule has 0 amide bonds. The van der Waals surface area contributed by atoms with E-state index in [0.29, 0.717) is 16.0 Å². The lowest BCUT2D eigenvalue weighted by atomic mass is 9.84. The number of nitrogens with zero attached hydrogens (tertiary/aromatic N) is 2. The molecule has 0 saturated carbocycles.